The number of methoxy groups -OCH3 is 1. The molecule has 0 aliphatic rings. The Morgan fingerprint density at radius 1 is 0.806 bits per heavy atom. The van der Waals surface area contributed by atoms with Crippen molar-refractivity contribution in [3.63, 3.8) is 0 Å². The number of benzene rings is 3. The second-order valence-corrected chi connectivity index (χ2v) is 6.59. The Labute approximate surface area is 180 Å². The van der Waals surface area contributed by atoms with Crippen LogP contribution in [-0.2, 0) is 16.1 Å². The summed E-state index contributed by atoms with van der Waals surface area (Å²) in [6, 6.07) is 23.6. The number of rotatable bonds is 9. The Hall–Kier alpha value is -3.84. The van der Waals surface area contributed by atoms with Crippen LogP contribution in [0.2, 0.25) is 0 Å². The SMILES string of the molecule is COCCOC(=O)Nc1cccc(NC(=O)c2cccc(OCc3ccccc3)c2)c1. The Morgan fingerprint density at radius 2 is 1.55 bits per heavy atom. The number of ether oxygens (including phenoxy) is 3. The average Bonchev–Trinajstić information content (AvgIpc) is 2.79. The summed E-state index contributed by atoms with van der Waals surface area (Å²) in [5, 5.41) is 5.43. The molecule has 160 valence electrons. The fourth-order valence-corrected chi connectivity index (χ4v) is 2.72. The van der Waals surface area contributed by atoms with Gasteiger partial charge in [-0.25, -0.2) is 4.79 Å². The smallest absolute Gasteiger partial charge is 0.411 e. The minimum atomic E-state index is -0.594. The monoisotopic (exact) mass is 420 g/mol. The normalized spacial score (nSPS) is 10.2. The van der Waals surface area contributed by atoms with Crippen molar-refractivity contribution in [1.82, 2.24) is 0 Å². The Kier molecular flexibility index (Phi) is 8.02. The van der Waals surface area contributed by atoms with Crippen molar-refractivity contribution < 1.29 is 23.8 Å². The molecule has 0 aliphatic carbocycles. The number of carbonyl (C=O) groups is 2. The van der Waals surface area contributed by atoms with Gasteiger partial charge in [-0.15, -0.1) is 0 Å². The first-order valence-corrected chi connectivity index (χ1v) is 9.75. The fourth-order valence-electron chi connectivity index (χ4n) is 2.72. The molecule has 2 amide bonds. The zero-order valence-corrected chi connectivity index (χ0v) is 17.2. The molecule has 31 heavy (non-hydrogen) atoms. The summed E-state index contributed by atoms with van der Waals surface area (Å²) in [5.41, 5.74) is 2.54. The van der Waals surface area contributed by atoms with Gasteiger partial charge < -0.3 is 19.5 Å². The summed E-state index contributed by atoms with van der Waals surface area (Å²) in [4.78, 5) is 24.4. The first-order chi connectivity index (χ1) is 15.1. The van der Waals surface area contributed by atoms with Crippen LogP contribution in [0.4, 0.5) is 16.2 Å². The van der Waals surface area contributed by atoms with E-state index in [1.54, 1.807) is 48.5 Å². The van der Waals surface area contributed by atoms with E-state index in [0.29, 0.717) is 35.9 Å². The highest BCUT2D eigenvalue weighted by molar-refractivity contribution is 6.04. The van der Waals surface area contributed by atoms with Crippen LogP contribution in [0.15, 0.2) is 78.9 Å². The van der Waals surface area contributed by atoms with Gasteiger partial charge >= 0.3 is 6.09 Å². The third kappa shape index (κ3) is 7.17. The first-order valence-electron chi connectivity index (χ1n) is 9.75. The minimum Gasteiger partial charge on any atom is -0.489 e. The van der Waals surface area contributed by atoms with Gasteiger partial charge in [0.25, 0.3) is 5.91 Å². The van der Waals surface area contributed by atoms with Crippen LogP contribution < -0.4 is 15.4 Å². The Balaban J connectivity index is 1.58. The summed E-state index contributed by atoms with van der Waals surface area (Å²) in [7, 11) is 1.53. The van der Waals surface area contributed by atoms with Crippen LogP contribution in [0.1, 0.15) is 15.9 Å². The maximum Gasteiger partial charge on any atom is 0.411 e. The van der Waals surface area contributed by atoms with E-state index in [4.69, 9.17) is 14.2 Å². The van der Waals surface area contributed by atoms with Gasteiger partial charge in [-0.05, 0) is 42.0 Å². The lowest BCUT2D eigenvalue weighted by Gasteiger charge is -2.10. The van der Waals surface area contributed by atoms with Crippen LogP contribution in [0.3, 0.4) is 0 Å². The molecule has 3 rings (SSSR count). The number of nitrogens with one attached hydrogen (secondary N) is 2. The fraction of sp³-hybridized carbons (Fsp3) is 0.167. The summed E-state index contributed by atoms with van der Waals surface area (Å²) < 4.78 is 15.6. The molecule has 0 atom stereocenters. The molecule has 0 fully saturated rings. The van der Waals surface area contributed by atoms with Crippen molar-refractivity contribution in [3.8, 4) is 5.75 Å². The lowest BCUT2D eigenvalue weighted by Crippen LogP contribution is -2.17. The highest BCUT2D eigenvalue weighted by atomic mass is 16.6. The Morgan fingerprint density at radius 3 is 2.32 bits per heavy atom. The summed E-state index contributed by atoms with van der Waals surface area (Å²) in [6.07, 6.45) is -0.594. The molecular weight excluding hydrogens is 396 g/mol. The number of carbonyl (C=O) groups excluding carboxylic acids is 2. The van der Waals surface area contributed by atoms with Gasteiger partial charge in [0.05, 0.1) is 6.61 Å². The molecule has 0 aromatic heterocycles. The summed E-state index contributed by atoms with van der Waals surface area (Å²) >= 11 is 0. The summed E-state index contributed by atoms with van der Waals surface area (Å²) in [6.45, 7) is 0.888. The zero-order valence-electron chi connectivity index (χ0n) is 17.2. The number of amides is 2. The van der Waals surface area contributed by atoms with Gasteiger partial charge in [0, 0.05) is 24.0 Å². The van der Waals surface area contributed by atoms with Crippen LogP contribution in [-0.4, -0.2) is 32.3 Å². The highest BCUT2D eigenvalue weighted by Crippen LogP contribution is 2.19. The molecular formula is C24H24N2O5. The zero-order chi connectivity index (χ0) is 21.9. The molecule has 0 aliphatic heterocycles. The molecule has 0 saturated heterocycles. The van der Waals surface area contributed by atoms with Crippen molar-refractivity contribution in [2.45, 2.75) is 6.61 Å². The van der Waals surface area contributed by atoms with E-state index in [0.717, 1.165) is 5.56 Å². The second kappa shape index (κ2) is 11.4. The number of anilines is 2. The quantitative estimate of drug-likeness (QED) is 0.490. The van der Waals surface area contributed by atoms with Crippen LogP contribution >= 0.6 is 0 Å². The van der Waals surface area contributed by atoms with Gasteiger partial charge in [-0.2, -0.15) is 0 Å². The molecule has 3 aromatic rings. The molecule has 0 spiro atoms. The van der Waals surface area contributed by atoms with Crippen LogP contribution in [0.5, 0.6) is 5.75 Å². The molecule has 7 heteroatoms. The van der Waals surface area contributed by atoms with E-state index in [2.05, 4.69) is 10.6 Å². The molecule has 0 radical (unpaired) electrons. The van der Waals surface area contributed by atoms with Crippen molar-refractivity contribution in [1.29, 1.82) is 0 Å². The largest absolute Gasteiger partial charge is 0.489 e. The van der Waals surface area contributed by atoms with Gasteiger partial charge in [0.2, 0.25) is 0 Å². The van der Waals surface area contributed by atoms with E-state index in [1.807, 2.05) is 30.3 Å². The molecule has 0 bridgehead atoms. The van der Waals surface area contributed by atoms with E-state index >= 15 is 0 Å². The lowest BCUT2D eigenvalue weighted by molar-refractivity contribution is 0.102. The maximum absolute atomic E-state index is 12.7. The number of hydrogen-bond donors (Lipinski definition) is 2. The van der Waals surface area contributed by atoms with Gasteiger partial charge in [-0.3, -0.25) is 10.1 Å². The predicted molar refractivity (Wildman–Crippen MR) is 118 cm³/mol. The maximum atomic E-state index is 12.7. The van der Waals surface area contributed by atoms with Crippen molar-refractivity contribution >= 4 is 23.4 Å². The Bertz CT molecular complexity index is 1010. The van der Waals surface area contributed by atoms with Crippen molar-refractivity contribution in [3.05, 3.63) is 90.0 Å². The molecule has 0 heterocycles. The minimum absolute atomic E-state index is 0.154. The average molecular weight is 420 g/mol. The highest BCUT2D eigenvalue weighted by Gasteiger charge is 2.09. The standard InChI is InChI=1S/C24H24N2O5/c1-29-13-14-30-24(28)26-21-11-6-10-20(16-21)25-23(27)19-9-5-12-22(15-19)31-17-18-7-3-2-4-8-18/h2-12,15-16H,13-14,17H2,1H3,(H,25,27)(H,26,28). The van der Waals surface area contributed by atoms with Gasteiger partial charge in [0.1, 0.15) is 19.0 Å². The topological polar surface area (TPSA) is 85.9 Å². The molecule has 0 saturated carbocycles. The molecule has 0 unspecified atom stereocenters. The van der Waals surface area contributed by atoms with Crippen molar-refractivity contribution in [2.75, 3.05) is 31.0 Å². The third-order valence-electron chi connectivity index (χ3n) is 4.23. The van der Waals surface area contributed by atoms with Crippen LogP contribution in [0, 0.1) is 0 Å². The number of hydrogen-bond acceptors (Lipinski definition) is 5. The summed E-state index contributed by atoms with van der Waals surface area (Å²) in [5.74, 6) is 0.315. The van der Waals surface area contributed by atoms with E-state index < -0.39 is 6.09 Å². The molecule has 2 N–H and O–H groups in total. The van der Waals surface area contributed by atoms with E-state index in [1.165, 1.54) is 7.11 Å². The van der Waals surface area contributed by atoms with Crippen molar-refractivity contribution in [2.24, 2.45) is 0 Å². The predicted octanol–water partition coefficient (Wildman–Crippen LogP) is 4.71. The molecule has 7 nitrogen and oxygen atoms in total. The van der Waals surface area contributed by atoms with Gasteiger partial charge in [0.15, 0.2) is 0 Å². The third-order valence-corrected chi connectivity index (χ3v) is 4.23. The van der Waals surface area contributed by atoms with E-state index in [9.17, 15) is 9.59 Å². The van der Waals surface area contributed by atoms with E-state index in [-0.39, 0.29) is 12.5 Å². The lowest BCUT2D eigenvalue weighted by atomic mass is 10.2. The molecule has 3 aromatic carbocycles. The first kappa shape index (κ1) is 21.9. The second-order valence-electron chi connectivity index (χ2n) is 6.59. The van der Waals surface area contributed by atoms with Gasteiger partial charge in [-0.1, -0.05) is 42.5 Å². The van der Waals surface area contributed by atoms with Crippen LogP contribution in [0.25, 0.3) is 0 Å².